The maximum atomic E-state index is 12.8. The molecule has 4 heteroatoms. The molecule has 0 aromatic heterocycles. The fourth-order valence-corrected chi connectivity index (χ4v) is 4.74. The van der Waals surface area contributed by atoms with Crippen molar-refractivity contribution in [2.45, 2.75) is 24.4 Å². The summed E-state index contributed by atoms with van der Waals surface area (Å²) < 4.78 is 0. The number of benzene rings is 3. The Morgan fingerprint density at radius 1 is 0.742 bits per heavy atom. The lowest BCUT2D eigenvalue weighted by Crippen LogP contribution is -2.53. The molecule has 1 saturated carbocycles. The molecule has 1 heterocycles. The van der Waals surface area contributed by atoms with Crippen LogP contribution in [0, 0.1) is 0 Å². The highest BCUT2D eigenvalue weighted by Crippen LogP contribution is 2.40. The van der Waals surface area contributed by atoms with Gasteiger partial charge in [0.2, 0.25) is 0 Å². The molecule has 2 atom stereocenters. The monoisotopic (exact) mass is 411 g/mol. The van der Waals surface area contributed by atoms with Gasteiger partial charge >= 0.3 is 6.03 Å². The van der Waals surface area contributed by atoms with Gasteiger partial charge in [-0.2, -0.15) is 0 Å². The standard InChI is InChI=1S/C27H29N3O/c31-27(28-25-20-24(25)21-10-4-1-5-11-21)30-18-16-29(17-19-30)26(22-12-6-2-7-13-22)23-14-8-3-9-15-23/h1-15,24-26H,16-20H2,(H,28,31)/t24-,25+/m0/s1. The van der Waals surface area contributed by atoms with Gasteiger partial charge < -0.3 is 10.2 Å². The van der Waals surface area contributed by atoms with Crippen molar-refractivity contribution in [1.82, 2.24) is 15.1 Å². The number of piperazine rings is 1. The van der Waals surface area contributed by atoms with Crippen molar-refractivity contribution >= 4 is 6.03 Å². The highest BCUT2D eigenvalue weighted by atomic mass is 16.2. The molecule has 0 unspecified atom stereocenters. The van der Waals surface area contributed by atoms with Gasteiger partial charge in [-0.05, 0) is 23.1 Å². The molecule has 158 valence electrons. The summed E-state index contributed by atoms with van der Waals surface area (Å²) in [4.78, 5) is 17.3. The van der Waals surface area contributed by atoms with E-state index in [1.807, 2.05) is 11.0 Å². The smallest absolute Gasteiger partial charge is 0.317 e. The van der Waals surface area contributed by atoms with E-state index < -0.39 is 0 Å². The molecule has 0 radical (unpaired) electrons. The summed E-state index contributed by atoms with van der Waals surface area (Å²) in [6.45, 7) is 3.25. The summed E-state index contributed by atoms with van der Waals surface area (Å²) in [6.07, 6.45) is 1.04. The summed E-state index contributed by atoms with van der Waals surface area (Å²) in [7, 11) is 0. The first-order valence-corrected chi connectivity index (χ1v) is 11.2. The van der Waals surface area contributed by atoms with Crippen LogP contribution in [0.1, 0.15) is 35.1 Å². The number of hydrogen-bond acceptors (Lipinski definition) is 2. The normalized spacial score (nSPS) is 21.1. The van der Waals surface area contributed by atoms with E-state index in [1.165, 1.54) is 16.7 Å². The molecule has 0 spiro atoms. The van der Waals surface area contributed by atoms with Crippen LogP contribution in [-0.4, -0.2) is 48.1 Å². The second kappa shape index (κ2) is 8.94. The van der Waals surface area contributed by atoms with E-state index in [0.29, 0.717) is 5.92 Å². The van der Waals surface area contributed by atoms with E-state index in [4.69, 9.17) is 0 Å². The third kappa shape index (κ3) is 4.49. The van der Waals surface area contributed by atoms with E-state index in [9.17, 15) is 4.79 Å². The van der Waals surface area contributed by atoms with Crippen LogP contribution in [0.15, 0.2) is 91.0 Å². The number of hydrogen-bond donors (Lipinski definition) is 1. The fraction of sp³-hybridized carbons (Fsp3) is 0.296. The Morgan fingerprint density at radius 3 is 1.81 bits per heavy atom. The van der Waals surface area contributed by atoms with Crippen molar-refractivity contribution in [1.29, 1.82) is 0 Å². The highest BCUT2D eigenvalue weighted by Gasteiger charge is 2.40. The number of carbonyl (C=O) groups excluding carboxylic acids is 1. The molecule has 1 N–H and O–H groups in total. The number of nitrogens with zero attached hydrogens (tertiary/aromatic N) is 2. The predicted octanol–water partition coefficient (Wildman–Crippen LogP) is 4.66. The summed E-state index contributed by atoms with van der Waals surface area (Å²) in [5.41, 5.74) is 3.93. The summed E-state index contributed by atoms with van der Waals surface area (Å²) in [6, 6.07) is 32.4. The van der Waals surface area contributed by atoms with E-state index in [1.54, 1.807) is 0 Å². The van der Waals surface area contributed by atoms with Gasteiger partial charge in [-0.25, -0.2) is 4.79 Å². The fourth-order valence-electron chi connectivity index (χ4n) is 4.74. The van der Waals surface area contributed by atoms with Crippen molar-refractivity contribution in [3.05, 3.63) is 108 Å². The van der Waals surface area contributed by atoms with Gasteiger partial charge in [0, 0.05) is 38.1 Å². The maximum absolute atomic E-state index is 12.8. The summed E-state index contributed by atoms with van der Waals surface area (Å²) in [5, 5.41) is 3.25. The number of nitrogens with one attached hydrogen (secondary N) is 1. The lowest BCUT2D eigenvalue weighted by atomic mass is 9.96. The van der Waals surface area contributed by atoms with Crippen molar-refractivity contribution in [2.24, 2.45) is 0 Å². The van der Waals surface area contributed by atoms with Gasteiger partial charge in [-0.15, -0.1) is 0 Å². The van der Waals surface area contributed by atoms with Gasteiger partial charge in [-0.1, -0.05) is 91.0 Å². The van der Waals surface area contributed by atoms with Gasteiger partial charge in [0.05, 0.1) is 6.04 Å². The zero-order valence-corrected chi connectivity index (χ0v) is 17.7. The van der Waals surface area contributed by atoms with Crippen LogP contribution in [0.3, 0.4) is 0 Å². The topological polar surface area (TPSA) is 35.6 Å². The Bertz CT molecular complexity index is 945. The zero-order chi connectivity index (χ0) is 21.0. The van der Waals surface area contributed by atoms with Crippen LogP contribution in [-0.2, 0) is 0 Å². The van der Waals surface area contributed by atoms with Crippen LogP contribution in [0.4, 0.5) is 4.79 Å². The zero-order valence-electron chi connectivity index (χ0n) is 17.7. The average molecular weight is 412 g/mol. The largest absolute Gasteiger partial charge is 0.335 e. The SMILES string of the molecule is O=C(N[C@@H]1C[C@H]1c1ccccc1)N1CCN(C(c2ccccc2)c2ccccc2)CC1. The molecule has 3 aromatic rings. The Labute approximate surface area is 184 Å². The van der Waals surface area contributed by atoms with E-state index in [-0.39, 0.29) is 18.1 Å². The molecular formula is C27H29N3O. The Balaban J connectivity index is 1.21. The molecule has 1 aliphatic heterocycles. The predicted molar refractivity (Wildman–Crippen MR) is 124 cm³/mol. The Morgan fingerprint density at radius 2 is 1.26 bits per heavy atom. The van der Waals surface area contributed by atoms with Crippen molar-refractivity contribution in [3.63, 3.8) is 0 Å². The van der Waals surface area contributed by atoms with E-state index in [2.05, 4.69) is 95.1 Å². The van der Waals surface area contributed by atoms with Gasteiger partial charge in [-0.3, -0.25) is 4.90 Å². The first kappa shape index (κ1) is 19.8. The van der Waals surface area contributed by atoms with Crippen LogP contribution in [0.25, 0.3) is 0 Å². The lowest BCUT2D eigenvalue weighted by Gasteiger charge is -2.39. The molecule has 1 aliphatic carbocycles. The molecule has 2 aliphatic rings. The lowest BCUT2D eigenvalue weighted by molar-refractivity contribution is 0.120. The minimum atomic E-state index is 0.0825. The third-order valence-electron chi connectivity index (χ3n) is 6.52. The minimum absolute atomic E-state index is 0.0825. The van der Waals surface area contributed by atoms with Crippen molar-refractivity contribution in [2.75, 3.05) is 26.2 Å². The number of urea groups is 1. The number of carbonyl (C=O) groups is 1. The summed E-state index contributed by atoms with van der Waals surface area (Å²) in [5.74, 6) is 0.465. The molecule has 1 saturated heterocycles. The first-order chi connectivity index (χ1) is 15.3. The molecular weight excluding hydrogens is 382 g/mol. The molecule has 31 heavy (non-hydrogen) atoms. The van der Waals surface area contributed by atoms with Gasteiger partial charge in [0.25, 0.3) is 0 Å². The van der Waals surface area contributed by atoms with Crippen LogP contribution < -0.4 is 5.32 Å². The van der Waals surface area contributed by atoms with E-state index >= 15 is 0 Å². The van der Waals surface area contributed by atoms with Crippen LogP contribution in [0.5, 0.6) is 0 Å². The number of rotatable bonds is 5. The molecule has 2 fully saturated rings. The highest BCUT2D eigenvalue weighted by molar-refractivity contribution is 5.75. The molecule has 4 nitrogen and oxygen atoms in total. The van der Waals surface area contributed by atoms with Gasteiger partial charge in [0.1, 0.15) is 0 Å². The Hall–Kier alpha value is -3.11. The second-order valence-electron chi connectivity index (χ2n) is 8.56. The van der Waals surface area contributed by atoms with Gasteiger partial charge in [0.15, 0.2) is 0 Å². The van der Waals surface area contributed by atoms with Crippen molar-refractivity contribution in [3.8, 4) is 0 Å². The minimum Gasteiger partial charge on any atom is -0.335 e. The molecule has 0 bridgehead atoms. The average Bonchev–Trinajstić information content (AvgIpc) is 3.61. The van der Waals surface area contributed by atoms with E-state index in [0.717, 1.165) is 32.6 Å². The number of amides is 2. The molecule has 2 amide bonds. The van der Waals surface area contributed by atoms with Crippen LogP contribution in [0.2, 0.25) is 0 Å². The van der Waals surface area contributed by atoms with Crippen molar-refractivity contribution < 1.29 is 4.79 Å². The Kier molecular flexibility index (Phi) is 5.72. The maximum Gasteiger partial charge on any atom is 0.317 e. The molecule has 3 aromatic carbocycles. The third-order valence-corrected chi connectivity index (χ3v) is 6.52. The quantitative estimate of drug-likeness (QED) is 0.663. The second-order valence-corrected chi connectivity index (χ2v) is 8.56. The van der Waals surface area contributed by atoms with Crippen LogP contribution >= 0.6 is 0 Å². The summed E-state index contributed by atoms with van der Waals surface area (Å²) >= 11 is 0. The molecule has 5 rings (SSSR count). The first-order valence-electron chi connectivity index (χ1n) is 11.2.